The quantitative estimate of drug-likeness (QED) is 0.914. The third-order valence-electron chi connectivity index (χ3n) is 3.53. The van der Waals surface area contributed by atoms with Crippen LogP contribution < -0.4 is 0 Å². The Hall–Kier alpha value is -2.05. The van der Waals surface area contributed by atoms with Crippen molar-refractivity contribution in [1.82, 2.24) is 4.90 Å². The molecule has 7 heteroatoms. The van der Waals surface area contributed by atoms with Gasteiger partial charge in [-0.25, -0.2) is 4.79 Å². The summed E-state index contributed by atoms with van der Waals surface area (Å²) >= 11 is 0. The maximum atomic E-state index is 12.7. The molecule has 4 nitrogen and oxygen atoms in total. The molecule has 0 aromatic heterocycles. The Balaban J connectivity index is 2.16. The lowest BCUT2D eigenvalue weighted by Crippen LogP contribution is -2.44. The van der Waals surface area contributed by atoms with Gasteiger partial charge in [-0.1, -0.05) is 6.07 Å². The summed E-state index contributed by atoms with van der Waals surface area (Å²) in [7, 11) is 0. The summed E-state index contributed by atoms with van der Waals surface area (Å²) in [5.41, 5.74) is 0.0305. The zero-order valence-corrected chi connectivity index (χ0v) is 11.1. The summed E-state index contributed by atoms with van der Waals surface area (Å²) in [6.07, 6.45) is -4.02. The first kappa shape index (κ1) is 15.3. The first-order chi connectivity index (χ1) is 9.79. The number of hydrogen-bond donors (Lipinski definition) is 1. The summed E-state index contributed by atoms with van der Waals surface area (Å²) in [5, 5.41) is 8.88. The average Bonchev–Trinajstić information content (AvgIpc) is 2.46. The number of rotatable bonds is 2. The van der Waals surface area contributed by atoms with Gasteiger partial charge in [0.2, 0.25) is 0 Å². The molecule has 2 rings (SSSR count). The van der Waals surface area contributed by atoms with Crippen molar-refractivity contribution in [3.63, 3.8) is 0 Å². The maximum Gasteiger partial charge on any atom is 0.393 e. The number of halogens is 3. The van der Waals surface area contributed by atoms with E-state index in [0.717, 1.165) is 4.90 Å². The highest BCUT2D eigenvalue weighted by Gasteiger charge is 2.42. The fourth-order valence-corrected chi connectivity index (χ4v) is 2.40. The Bertz CT molecular complexity index is 557. The third-order valence-corrected chi connectivity index (χ3v) is 3.53. The number of carboxylic acids is 1. The highest BCUT2D eigenvalue weighted by molar-refractivity contribution is 5.97. The number of benzene rings is 1. The molecule has 1 atom stereocenters. The molecule has 1 saturated heterocycles. The van der Waals surface area contributed by atoms with Crippen LogP contribution in [0.25, 0.3) is 0 Å². The predicted octanol–water partition coefficient (Wildman–Crippen LogP) is 2.80. The number of carboxylic acid groups (broad SMARTS) is 1. The third kappa shape index (κ3) is 3.53. The van der Waals surface area contributed by atoms with Gasteiger partial charge in [-0.15, -0.1) is 0 Å². The molecular formula is C14H14F3NO3. The molecule has 0 bridgehead atoms. The van der Waals surface area contributed by atoms with Crippen LogP contribution in [0, 0.1) is 5.92 Å². The molecule has 21 heavy (non-hydrogen) atoms. The minimum atomic E-state index is -4.32. The molecule has 1 amide bonds. The van der Waals surface area contributed by atoms with Gasteiger partial charge in [-0.2, -0.15) is 13.2 Å². The molecule has 114 valence electrons. The summed E-state index contributed by atoms with van der Waals surface area (Å²) < 4.78 is 38.2. The van der Waals surface area contributed by atoms with Gasteiger partial charge in [0.25, 0.3) is 5.91 Å². The fourth-order valence-electron chi connectivity index (χ4n) is 2.40. The first-order valence-electron chi connectivity index (χ1n) is 6.48. The summed E-state index contributed by atoms with van der Waals surface area (Å²) in [4.78, 5) is 24.2. The van der Waals surface area contributed by atoms with Crippen LogP contribution in [0.4, 0.5) is 13.2 Å². The second-order valence-electron chi connectivity index (χ2n) is 5.02. The van der Waals surface area contributed by atoms with Gasteiger partial charge >= 0.3 is 12.1 Å². The normalized spacial score (nSPS) is 19.4. The van der Waals surface area contributed by atoms with Gasteiger partial charge in [0.1, 0.15) is 0 Å². The predicted molar refractivity (Wildman–Crippen MR) is 68.1 cm³/mol. The van der Waals surface area contributed by atoms with Gasteiger partial charge in [0, 0.05) is 18.7 Å². The fraction of sp³-hybridized carbons (Fsp3) is 0.429. The summed E-state index contributed by atoms with van der Waals surface area (Å²) in [6.45, 7) is -0.123. The highest BCUT2D eigenvalue weighted by Crippen LogP contribution is 2.33. The van der Waals surface area contributed by atoms with Gasteiger partial charge in [0.05, 0.1) is 11.5 Å². The van der Waals surface area contributed by atoms with Gasteiger partial charge in [-0.3, -0.25) is 4.79 Å². The molecule has 1 heterocycles. The van der Waals surface area contributed by atoms with E-state index in [-0.39, 0.29) is 37.1 Å². The van der Waals surface area contributed by atoms with Crippen LogP contribution in [0.3, 0.4) is 0 Å². The van der Waals surface area contributed by atoms with Crippen molar-refractivity contribution in [2.45, 2.75) is 19.0 Å². The Labute approximate surface area is 119 Å². The molecule has 0 spiro atoms. The van der Waals surface area contributed by atoms with E-state index in [9.17, 15) is 22.8 Å². The topological polar surface area (TPSA) is 57.6 Å². The van der Waals surface area contributed by atoms with E-state index < -0.39 is 24.0 Å². The Morgan fingerprint density at radius 1 is 1.24 bits per heavy atom. The molecule has 1 aliphatic heterocycles. The van der Waals surface area contributed by atoms with E-state index >= 15 is 0 Å². The molecule has 1 aromatic carbocycles. The van der Waals surface area contributed by atoms with Crippen LogP contribution >= 0.6 is 0 Å². The number of likely N-dealkylation sites (tertiary alicyclic amines) is 1. The monoisotopic (exact) mass is 301 g/mol. The number of piperidine rings is 1. The van der Waals surface area contributed by atoms with Crippen LogP contribution in [0.2, 0.25) is 0 Å². The Morgan fingerprint density at radius 3 is 2.52 bits per heavy atom. The lowest BCUT2D eigenvalue weighted by molar-refractivity contribution is -0.184. The lowest BCUT2D eigenvalue weighted by atomic mass is 9.96. The summed E-state index contributed by atoms with van der Waals surface area (Å²) in [6, 6.07) is 5.32. The van der Waals surface area contributed by atoms with Crippen molar-refractivity contribution >= 4 is 11.9 Å². The molecule has 1 N–H and O–H groups in total. The van der Waals surface area contributed by atoms with E-state index in [1.54, 1.807) is 0 Å². The number of nitrogens with zero attached hydrogens (tertiary/aromatic N) is 1. The first-order valence-corrected chi connectivity index (χ1v) is 6.48. The summed E-state index contributed by atoms with van der Waals surface area (Å²) in [5.74, 6) is -3.26. The van der Waals surface area contributed by atoms with Crippen LogP contribution in [0.15, 0.2) is 24.3 Å². The average molecular weight is 301 g/mol. The van der Waals surface area contributed by atoms with Crippen LogP contribution in [0.5, 0.6) is 0 Å². The van der Waals surface area contributed by atoms with Gasteiger partial charge in [0.15, 0.2) is 0 Å². The second kappa shape index (κ2) is 5.75. The Morgan fingerprint density at radius 2 is 1.90 bits per heavy atom. The number of carbonyl (C=O) groups excluding carboxylic acids is 1. The number of amides is 1. The van der Waals surface area contributed by atoms with Crippen molar-refractivity contribution < 1.29 is 27.9 Å². The van der Waals surface area contributed by atoms with E-state index in [1.807, 2.05) is 0 Å². The van der Waals surface area contributed by atoms with E-state index in [0.29, 0.717) is 0 Å². The molecular weight excluding hydrogens is 287 g/mol. The van der Waals surface area contributed by atoms with E-state index in [4.69, 9.17) is 5.11 Å². The zero-order chi connectivity index (χ0) is 15.6. The number of alkyl halides is 3. The van der Waals surface area contributed by atoms with Gasteiger partial charge in [-0.05, 0) is 31.0 Å². The molecule has 1 aliphatic rings. The van der Waals surface area contributed by atoms with Crippen LogP contribution in [-0.4, -0.2) is 41.1 Å². The second-order valence-corrected chi connectivity index (χ2v) is 5.02. The Kier molecular flexibility index (Phi) is 4.20. The molecule has 0 radical (unpaired) electrons. The largest absolute Gasteiger partial charge is 0.478 e. The molecule has 0 saturated carbocycles. The van der Waals surface area contributed by atoms with Crippen molar-refractivity contribution in [3.8, 4) is 0 Å². The zero-order valence-electron chi connectivity index (χ0n) is 11.1. The van der Waals surface area contributed by atoms with Crippen molar-refractivity contribution in [3.05, 3.63) is 35.4 Å². The van der Waals surface area contributed by atoms with E-state index in [1.165, 1.54) is 24.3 Å². The molecule has 1 fully saturated rings. The molecule has 1 unspecified atom stereocenters. The number of carbonyl (C=O) groups is 2. The molecule has 1 aromatic rings. The van der Waals surface area contributed by atoms with Crippen LogP contribution in [0.1, 0.15) is 33.6 Å². The smallest absolute Gasteiger partial charge is 0.393 e. The maximum absolute atomic E-state index is 12.7. The van der Waals surface area contributed by atoms with Crippen molar-refractivity contribution in [2.24, 2.45) is 5.92 Å². The van der Waals surface area contributed by atoms with Crippen molar-refractivity contribution in [2.75, 3.05) is 13.1 Å². The molecule has 0 aliphatic carbocycles. The number of aromatic carboxylic acids is 1. The van der Waals surface area contributed by atoms with Crippen molar-refractivity contribution in [1.29, 1.82) is 0 Å². The van der Waals surface area contributed by atoms with E-state index in [2.05, 4.69) is 0 Å². The minimum Gasteiger partial charge on any atom is -0.478 e. The SMILES string of the molecule is O=C(O)c1cccc(C(=O)N2CCCC(C(F)(F)F)C2)c1. The lowest BCUT2D eigenvalue weighted by Gasteiger charge is -2.33. The van der Waals surface area contributed by atoms with Gasteiger partial charge < -0.3 is 10.0 Å². The van der Waals surface area contributed by atoms with Crippen LogP contribution in [-0.2, 0) is 0 Å². The minimum absolute atomic E-state index is 0.0163. The highest BCUT2D eigenvalue weighted by atomic mass is 19.4. The standard InChI is InChI=1S/C14H14F3NO3/c15-14(16,17)11-5-2-6-18(8-11)12(19)9-3-1-4-10(7-9)13(20)21/h1,3-4,7,11H,2,5-6,8H2,(H,20,21). The number of hydrogen-bond acceptors (Lipinski definition) is 2.